The minimum atomic E-state index is -0.360. The third kappa shape index (κ3) is 2.91. The molecule has 1 aromatic carbocycles. The van der Waals surface area contributed by atoms with E-state index in [1.165, 1.54) is 22.7 Å². The second kappa shape index (κ2) is 6.63. The van der Waals surface area contributed by atoms with Gasteiger partial charge >= 0.3 is 5.63 Å². The summed E-state index contributed by atoms with van der Waals surface area (Å²) in [5.41, 5.74) is 2.03. The molecule has 0 N–H and O–H groups in total. The van der Waals surface area contributed by atoms with Crippen LogP contribution >= 0.6 is 22.7 Å². The van der Waals surface area contributed by atoms with Crippen LogP contribution in [0.15, 0.2) is 56.4 Å². The van der Waals surface area contributed by atoms with E-state index in [9.17, 15) is 9.59 Å². The van der Waals surface area contributed by atoms with E-state index in [2.05, 4.69) is 4.98 Å². The van der Waals surface area contributed by atoms with Gasteiger partial charge in [-0.25, -0.2) is 9.78 Å². The number of hydrogen-bond acceptors (Lipinski definition) is 6. The molecule has 0 aliphatic heterocycles. The molecule has 0 radical (unpaired) electrons. The largest absolute Gasteiger partial charge is 0.407 e. The molecule has 3 aromatic heterocycles. The first-order valence-corrected chi connectivity index (χ1v) is 9.87. The zero-order valence-electron chi connectivity index (χ0n) is 14.2. The maximum absolute atomic E-state index is 12.6. The zero-order valence-corrected chi connectivity index (χ0v) is 15.8. The van der Waals surface area contributed by atoms with Crippen LogP contribution in [0.2, 0.25) is 0 Å². The Morgan fingerprint density at radius 1 is 1.19 bits per heavy atom. The summed E-state index contributed by atoms with van der Waals surface area (Å²) in [5, 5.41) is 4.34. The summed E-state index contributed by atoms with van der Waals surface area (Å²) in [7, 11) is 0. The first-order chi connectivity index (χ1) is 12.5. The van der Waals surface area contributed by atoms with Crippen molar-refractivity contribution in [2.45, 2.75) is 19.8 Å². The number of carbonyl (C=O) groups is 1. The Balaban J connectivity index is 1.73. The fourth-order valence-electron chi connectivity index (χ4n) is 2.86. The normalized spacial score (nSPS) is 12.4. The van der Waals surface area contributed by atoms with Crippen LogP contribution in [0.5, 0.6) is 0 Å². The molecule has 0 saturated heterocycles. The Labute approximate surface area is 157 Å². The van der Waals surface area contributed by atoms with Gasteiger partial charge in [0.1, 0.15) is 4.83 Å². The summed E-state index contributed by atoms with van der Waals surface area (Å²) >= 11 is 2.86. The van der Waals surface area contributed by atoms with Gasteiger partial charge in [-0.05, 0) is 47.9 Å². The number of fused-ring (bicyclic) bond motifs is 1. The molecule has 0 aliphatic rings. The molecule has 0 spiro atoms. The highest BCUT2D eigenvalue weighted by atomic mass is 32.1. The van der Waals surface area contributed by atoms with Crippen molar-refractivity contribution < 1.29 is 9.21 Å². The van der Waals surface area contributed by atoms with E-state index >= 15 is 0 Å². The van der Waals surface area contributed by atoms with Crippen molar-refractivity contribution in [2.75, 3.05) is 0 Å². The van der Waals surface area contributed by atoms with Crippen LogP contribution in [0.3, 0.4) is 0 Å². The first-order valence-electron chi connectivity index (χ1n) is 8.11. The van der Waals surface area contributed by atoms with Crippen molar-refractivity contribution in [3.8, 4) is 0 Å². The van der Waals surface area contributed by atoms with Crippen molar-refractivity contribution >= 4 is 38.7 Å². The summed E-state index contributed by atoms with van der Waals surface area (Å²) in [6.07, 6.45) is 0. The van der Waals surface area contributed by atoms with Gasteiger partial charge in [-0.3, -0.25) is 4.79 Å². The van der Waals surface area contributed by atoms with Gasteiger partial charge in [0, 0.05) is 5.56 Å². The second-order valence-electron chi connectivity index (χ2n) is 6.09. The number of ketones is 1. The number of benzene rings is 1. The predicted octanol–water partition coefficient (Wildman–Crippen LogP) is 5.00. The van der Waals surface area contributed by atoms with E-state index in [0.29, 0.717) is 26.5 Å². The number of nitrogens with zero attached hydrogens (tertiary/aromatic N) is 1. The molecule has 0 bridgehead atoms. The lowest BCUT2D eigenvalue weighted by Gasteiger charge is -2.11. The molecule has 26 heavy (non-hydrogen) atoms. The molecule has 0 amide bonds. The maximum Gasteiger partial charge on any atom is 0.348 e. The van der Waals surface area contributed by atoms with Crippen LogP contribution < -0.4 is 5.63 Å². The van der Waals surface area contributed by atoms with Gasteiger partial charge in [0.15, 0.2) is 0 Å². The van der Waals surface area contributed by atoms with E-state index in [1.54, 1.807) is 6.07 Å². The van der Waals surface area contributed by atoms with E-state index in [1.807, 2.05) is 54.9 Å². The van der Waals surface area contributed by atoms with E-state index in [0.717, 1.165) is 11.1 Å². The van der Waals surface area contributed by atoms with E-state index in [-0.39, 0.29) is 17.3 Å². The number of hydrogen-bond donors (Lipinski definition) is 0. The standard InChI is InChI=1S/C20H15NO3S2/c1-11-10-26-19-16(11)20(23)24-18(21-19)12(2)13-5-3-6-14(9-13)17(22)15-7-4-8-25-15/h3-10,12H,1-2H3. The van der Waals surface area contributed by atoms with Crippen molar-refractivity contribution in [3.05, 3.63) is 85.0 Å². The molecule has 3 heterocycles. The van der Waals surface area contributed by atoms with Gasteiger partial charge in [0.05, 0.1) is 16.2 Å². The minimum absolute atomic E-state index is 0.00667. The predicted molar refractivity (Wildman–Crippen MR) is 105 cm³/mol. The number of aryl methyl sites for hydroxylation is 1. The van der Waals surface area contributed by atoms with Crippen molar-refractivity contribution in [1.82, 2.24) is 4.98 Å². The van der Waals surface area contributed by atoms with Crippen molar-refractivity contribution in [1.29, 1.82) is 0 Å². The number of aromatic nitrogens is 1. The molecule has 0 saturated carbocycles. The van der Waals surface area contributed by atoms with Gasteiger partial charge in [0.2, 0.25) is 11.7 Å². The summed E-state index contributed by atoms with van der Waals surface area (Å²) in [6, 6.07) is 11.1. The van der Waals surface area contributed by atoms with Gasteiger partial charge in [0.25, 0.3) is 0 Å². The lowest BCUT2D eigenvalue weighted by Crippen LogP contribution is -2.08. The van der Waals surface area contributed by atoms with Crippen LogP contribution in [0.1, 0.15) is 45.1 Å². The molecule has 0 aliphatic carbocycles. The molecule has 0 fully saturated rings. The van der Waals surface area contributed by atoms with Gasteiger partial charge in [-0.2, -0.15) is 0 Å². The fourth-order valence-corrected chi connectivity index (χ4v) is 4.45. The highest BCUT2D eigenvalue weighted by Gasteiger charge is 2.19. The highest BCUT2D eigenvalue weighted by molar-refractivity contribution is 7.16. The van der Waals surface area contributed by atoms with Crippen molar-refractivity contribution in [3.63, 3.8) is 0 Å². The maximum atomic E-state index is 12.6. The Bertz CT molecular complexity index is 1160. The average molecular weight is 381 g/mol. The third-order valence-electron chi connectivity index (χ3n) is 4.33. The molecule has 1 atom stereocenters. The first kappa shape index (κ1) is 16.9. The van der Waals surface area contributed by atoms with E-state index in [4.69, 9.17) is 4.42 Å². The van der Waals surface area contributed by atoms with Crippen LogP contribution in [0.25, 0.3) is 10.2 Å². The summed E-state index contributed by atoms with van der Waals surface area (Å²) in [5.74, 6) is 0.128. The molecule has 130 valence electrons. The number of rotatable bonds is 4. The summed E-state index contributed by atoms with van der Waals surface area (Å²) < 4.78 is 5.48. The Hall–Kier alpha value is -2.57. The van der Waals surface area contributed by atoms with Gasteiger partial charge in [-0.15, -0.1) is 22.7 Å². The van der Waals surface area contributed by atoms with Gasteiger partial charge in [-0.1, -0.05) is 24.3 Å². The quantitative estimate of drug-likeness (QED) is 0.467. The smallest absolute Gasteiger partial charge is 0.348 e. The third-order valence-corrected chi connectivity index (χ3v) is 6.19. The Kier molecular flexibility index (Phi) is 4.30. The van der Waals surface area contributed by atoms with Crippen LogP contribution in [0, 0.1) is 6.92 Å². The second-order valence-corrected chi connectivity index (χ2v) is 7.90. The SMILES string of the molecule is Cc1csc2nc(C(C)c3cccc(C(=O)c4cccs4)c3)oc(=O)c12. The minimum Gasteiger partial charge on any atom is -0.407 e. The molecule has 4 rings (SSSR count). The van der Waals surface area contributed by atoms with Gasteiger partial charge < -0.3 is 4.42 Å². The molecular formula is C20H15NO3S2. The molecular weight excluding hydrogens is 366 g/mol. The molecule has 4 nitrogen and oxygen atoms in total. The van der Waals surface area contributed by atoms with Crippen LogP contribution in [-0.4, -0.2) is 10.8 Å². The zero-order chi connectivity index (χ0) is 18.3. The van der Waals surface area contributed by atoms with Crippen molar-refractivity contribution in [2.24, 2.45) is 0 Å². The lowest BCUT2D eigenvalue weighted by atomic mass is 9.97. The Morgan fingerprint density at radius 2 is 2.04 bits per heavy atom. The fraction of sp³-hybridized carbons (Fsp3) is 0.150. The topological polar surface area (TPSA) is 60.2 Å². The summed E-state index contributed by atoms with van der Waals surface area (Å²) in [4.78, 5) is 30.8. The summed E-state index contributed by atoms with van der Waals surface area (Å²) in [6.45, 7) is 3.80. The molecule has 6 heteroatoms. The van der Waals surface area contributed by atoms with Crippen LogP contribution in [0.4, 0.5) is 0 Å². The highest BCUT2D eigenvalue weighted by Crippen LogP contribution is 2.27. The number of carbonyl (C=O) groups excluding carboxylic acids is 1. The van der Waals surface area contributed by atoms with E-state index < -0.39 is 0 Å². The number of thiophene rings is 2. The molecule has 1 unspecified atom stereocenters. The van der Waals surface area contributed by atoms with Crippen LogP contribution in [-0.2, 0) is 0 Å². The average Bonchev–Trinajstić information content (AvgIpc) is 3.31. The molecule has 4 aromatic rings. The lowest BCUT2D eigenvalue weighted by molar-refractivity contribution is 0.104. The Morgan fingerprint density at radius 3 is 2.81 bits per heavy atom. The monoisotopic (exact) mass is 381 g/mol.